The predicted molar refractivity (Wildman–Crippen MR) is 67.1 cm³/mol. The van der Waals surface area contributed by atoms with E-state index in [4.69, 9.17) is 10.5 Å². The maximum absolute atomic E-state index is 12.1. The topological polar surface area (TPSA) is 52.3 Å². The summed E-state index contributed by atoms with van der Waals surface area (Å²) in [7, 11) is 0. The van der Waals surface area contributed by atoms with Crippen molar-refractivity contribution in [2.45, 2.75) is 53.9 Å². The van der Waals surface area contributed by atoms with Gasteiger partial charge in [0.1, 0.15) is 6.61 Å². The fraction of sp³-hybridized carbons (Fsp3) is 0.923. The summed E-state index contributed by atoms with van der Waals surface area (Å²) in [5.74, 6) is -0.105. The molecule has 0 aromatic carbocycles. The molecule has 0 aromatic rings. The molecule has 0 amide bonds. The molecule has 16 heavy (non-hydrogen) atoms. The molecule has 0 bridgehead atoms. The van der Waals surface area contributed by atoms with Crippen LogP contribution in [0.2, 0.25) is 0 Å². The van der Waals surface area contributed by atoms with Crippen LogP contribution in [-0.4, -0.2) is 19.1 Å². The molecule has 3 heteroatoms. The van der Waals surface area contributed by atoms with Crippen molar-refractivity contribution < 1.29 is 9.53 Å². The molecule has 0 heterocycles. The third-order valence-electron chi connectivity index (χ3n) is 3.93. The highest BCUT2D eigenvalue weighted by Crippen LogP contribution is 2.45. The van der Waals surface area contributed by atoms with Crippen molar-refractivity contribution in [1.82, 2.24) is 0 Å². The van der Waals surface area contributed by atoms with Crippen molar-refractivity contribution in [3.05, 3.63) is 0 Å². The zero-order valence-electron chi connectivity index (χ0n) is 11.4. The average molecular weight is 229 g/mol. The third kappa shape index (κ3) is 3.21. The molecule has 0 aliphatic rings. The van der Waals surface area contributed by atoms with Gasteiger partial charge in [0.15, 0.2) is 0 Å². The monoisotopic (exact) mass is 229 g/mol. The lowest BCUT2D eigenvalue weighted by molar-refractivity contribution is -0.163. The molecule has 96 valence electrons. The Morgan fingerprint density at radius 3 is 2.19 bits per heavy atom. The standard InChI is InChI=1S/C13H27NO2/c1-6-8-13(5,12(3,4)7-2)11(15)16-10-9-14/h6-10,14H2,1-5H3. The molecule has 0 saturated carbocycles. The molecular formula is C13H27NO2. The molecule has 0 saturated heterocycles. The molecule has 1 atom stereocenters. The molecule has 0 aromatic heterocycles. The van der Waals surface area contributed by atoms with E-state index in [0.29, 0.717) is 13.2 Å². The van der Waals surface area contributed by atoms with Gasteiger partial charge in [0.05, 0.1) is 5.41 Å². The largest absolute Gasteiger partial charge is 0.464 e. The highest BCUT2D eigenvalue weighted by molar-refractivity contribution is 5.77. The Morgan fingerprint density at radius 2 is 1.81 bits per heavy atom. The Labute approximate surface area is 99.7 Å². The second kappa shape index (κ2) is 6.24. The molecule has 1 unspecified atom stereocenters. The van der Waals surface area contributed by atoms with Gasteiger partial charge in [0.2, 0.25) is 0 Å². The Balaban J connectivity index is 4.87. The first kappa shape index (κ1) is 15.4. The van der Waals surface area contributed by atoms with E-state index in [1.165, 1.54) is 0 Å². The number of hydrogen-bond donors (Lipinski definition) is 1. The van der Waals surface area contributed by atoms with Crippen LogP contribution in [0.1, 0.15) is 53.9 Å². The summed E-state index contributed by atoms with van der Waals surface area (Å²) in [6.07, 6.45) is 2.80. The molecule has 0 rings (SSSR count). The van der Waals surface area contributed by atoms with Crippen LogP contribution in [0.4, 0.5) is 0 Å². The van der Waals surface area contributed by atoms with Crippen molar-refractivity contribution in [1.29, 1.82) is 0 Å². The van der Waals surface area contributed by atoms with Gasteiger partial charge >= 0.3 is 5.97 Å². The normalized spacial score (nSPS) is 15.6. The smallest absolute Gasteiger partial charge is 0.312 e. The first-order valence-electron chi connectivity index (χ1n) is 6.23. The van der Waals surface area contributed by atoms with E-state index in [9.17, 15) is 4.79 Å². The molecule has 3 nitrogen and oxygen atoms in total. The molecule has 0 spiro atoms. The van der Waals surface area contributed by atoms with E-state index in [1.54, 1.807) is 0 Å². The Bertz CT molecular complexity index is 226. The molecule has 0 radical (unpaired) electrons. The van der Waals surface area contributed by atoms with Gasteiger partial charge in [0, 0.05) is 6.54 Å². The average Bonchev–Trinajstić information content (AvgIpc) is 2.25. The Morgan fingerprint density at radius 1 is 1.25 bits per heavy atom. The van der Waals surface area contributed by atoms with Crippen LogP contribution in [0.25, 0.3) is 0 Å². The predicted octanol–water partition coefficient (Wildman–Crippen LogP) is 2.73. The summed E-state index contributed by atoms with van der Waals surface area (Å²) in [5, 5.41) is 0. The lowest BCUT2D eigenvalue weighted by Crippen LogP contribution is -2.43. The first-order chi connectivity index (χ1) is 7.35. The van der Waals surface area contributed by atoms with E-state index in [1.807, 2.05) is 6.92 Å². The van der Waals surface area contributed by atoms with Crippen LogP contribution in [0.15, 0.2) is 0 Å². The summed E-state index contributed by atoms with van der Waals surface area (Å²) in [4.78, 5) is 12.1. The number of carbonyl (C=O) groups is 1. The van der Waals surface area contributed by atoms with Crippen LogP contribution in [0, 0.1) is 10.8 Å². The molecule has 2 N–H and O–H groups in total. The second-order valence-corrected chi connectivity index (χ2v) is 5.24. The van der Waals surface area contributed by atoms with E-state index in [-0.39, 0.29) is 11.4 Å². The minimum atomic E-state index is -0.411. The SMILES string of the molecule is CCCC(C)(C(=O)OCCN)C(C)(C)CC. The third-order valence-corrected chi connectivity index (χ3v) is 3.93. The maximum Gasteiger partial charge on any atom is 0.312 e. The van der Waals surface area contributed by atoms with Gasteiger partial charge in [-0.25, -0.2) is 0 Å². The molecule has 0 fully saturated rings. The first-order valence-corrected chi connectivity index (χ1v) is 6.23. The maximum atomic E-state index is 12.1. The van der Waals surface area contributed by atoms with E-state index >= 15 is 0 Å². The van der Waals surface area contributed by atoms with Gasteiger partial charge in [-0.1, -0.05) is 34.1 Å². The lowest BCUT2D eigenvalue weighted by Gasteiger charge is -2.41. The molecular weight excluding hydrogens is 202 g/mol. The minimum Gasteiger partial charge on any atom is -0.464 e. The van der Waals surface area contributed by atoms with Crippen LogP contribution in [-0.2, 0) is 9.53 Å². The molecule has 0 aliphatic heterocycles. The van der Waals surface area contributed by atoms with Gasteiger partial charge < -0.3 is 10.5 Å². The van der Waals surface area contributed by atoms with Crippen LogP contribution in [0.3, 0.4) is 0 Å². The van der Waals surface area contributed by atoms with Crippen LogP contribution in [0.5, 0.6) is 0 Å². The Kier molecular flexibility index (Phi) is 6.01. The summed E-state index contributed by atoms with van der Waals surface area (Å²) in [6, 6.07) is 0. The fourth-order valence-corrected chi connectivity index (χ4v) is 1.92. The van der Waals surface area contributed by atoms with Gasteiger partial charge in [0.25, 0.3) is 0 Å². The summed E-state index contributed by atoms with van der Waals surface area (Å²) < 4.78 is 5.23. The quantitative estimate of drug-likeness (QED) is 0.683. The number of hydrogen-bond acceptors (Lipinski definition) is 3. The van der Waals surface area contributed by atoms with E-state index < -0.39 is 5.41 Å². The van der Waals surface area contributed by atoms with Gasteiger partial charge in [-0.3, -0.25) is 4.79 Å². The number of nitrogens with two attached hydrogens (primary N) is 1. The van der Waals surface area contributed by atoms with Crippen LogP contribution >= 0.6 is 0 Å². The number of ether oxygens (including phenoxy) is 1. The van der Waals surface area contributed by atoms with E-state index in [0.717, 1.165) is 19.3 Å². The molecule has 0 aliphatic carbocycles. The highest BCUT2D eigenvalue weighted by Gasteiger charge is 2.46. The minimum absolute atomic E-state index is 0.0469. The fourth-order valence-electron chi connectivity index (χ4n) is 1.92. The van der Waals surface area contributed by atoms with Gasteiger partial charge in [-0.05, 0) is 25.2 Å². The van der Waals surface area contributed by atoms with Crippen molar-refractivity contribution >= 4 is 5.97 Å². The van der Waals surface area contributed by atoms with Gasteiger partial charge in [-0.2, -0.15) is 0 Å². The summed E-state index contributed by atoms with van der Waals surface area (Å²) in [5.41, 5.74) is 4.90. The Hall–Kier alpha value is -0.570. The van der Waals surface area contributed by atoms with Crippen molar-refractivity contribution in [2.24, 2.45) is 16.6 Å². The van der Waals surface area contributed by atoms with Crippen molar-refractivity contribution in [3.63, 3.8) is 0 Å². The highest BCUT2D eigenvalue weighted by atomic mass is 16.5. The number of esters is 1. The summed E-state index contributed by atoms with van der Waals surface area (Å²) >= 11 is 0. The van der Waals surface area contributed by atoms with Gasteiger partial charge in [-0.15, -0.1) is 0 Å². The number of carbonyl (C=O) groups excluding carboxylic acids is 1. The van der Waals surface area contributed by atoms with Crippen LogP contribution < -0.4 is 5.73 Å². The lowest BCUT2D eigenvalue weighted by atomic mass is 9.63. The summed E-state index contributed by atoms with van der Waals surface area (Å²) in [6.45, 7) is 11.2. The number of rotatable bonds is 7. The van der Waals surface area contributed by atoms with Crippen molar-refractivity contribution in [3.8, 4) is 0 Å². The van der Waals surface area contributed by atoms with E-state index in [2.05, 4.69) is 27.7 Å². The second-order valence-electron chi connectivity index (χ2n) is 5.24. The zero-order valence-corrected chi connectivity index (χ0v) is 11.4. The zero-order chi connectivity index (χ0) is 12.8. The van der Waals surface area contributed by atoms with Crippen molar-refractivity contribution in [2.75, 3.05) is 13.2 Å².